The molecule has 0 bridgehead atoms. The summed E-state index contributed by atoms with van der Waals surface area (Å²) in [6.45, 7) is 2.04. The van der Waals surface area contributed by atoms with Gasteiger partial charge >= 0.3 is 0 Å². The molecule has 0 aromatic heterocycles. The maximum atomic E-state index is 12.3. The van der Waals surface area contributed by atoms with Crippen LogP contribution in [0, 0.1) is 18.3 Å². The van der Waals surface area contributed by atoms with Crippen LogP contribution in [0.5, 0.6) is 11.5 Å². The van der Waals surface area contributed by atoms with Crippen molar-refractivity contribution in [2.45, 2.75) is 6.92 Å². The number of ether oxygens (including phenoxy) is 2. The fourth-order valence-corrected chi connectivity index (χ4v) is 2.06. The van der Waals surface area contributed by atoms with Gasteiger partial charge in [0.25, 0.3) is 5.91 Å². The lowest BCUT2D eigenvalue weighted by atomic mass is 10.1. The van der Waals surface area contributed by atoms with Gasteiger partial charge in [-0.05, 0) is 42.8 Å². The molecule has 2 aromatic carbocycles. The van der Waals surface area contributed by atoms with Crippen molar-refractivity contribution in [1.29, 1.82) is 5.26 Å². The van der Waals surface area contributed by atoms with Crippen molar-refractivity contribution in [3.63, 3.8) is 0 Å². The molecule has 0 aliphatic carbocycles. The maximum absolute atomic E-state index is 12.3. The van der Waals surface area contributed by atoms with E-state index in [1.807, 2.05) is 6.92 Å². The summed E-state index contributed by atoms with van der Waals surface area (Å²) in [7, 11) is 0. The van der Waals surface area contributed by atoms with Crippen LogP contribution in [0.1, 0.15) is 21.5 Å². The van der Waals surface area contributed by atoms with E-state index in [1.54, 1.807) is 36.4 Å². The lowest BCUT2D eigenvalue weighted by Crippen LogP contribution is -2.12. The third-order valence-electron chi connectivity index (χ3n) is 3.25. The van der Waals surface area contributed by atoms with Gasteiger partial charge in [0.2, 0.25) is 6.79 Å². The SMILES string of the molecule is Cc1ccc(C#N)cc1NC(=O)c1ccc2c(c1)OCO2. The number of benzene rings is 2. The highest BCUT2D eigenvalue weighted by molar-refractivity contribution is 6.05. The summed E-state index contributed by atoms with van der Waals surface area (Å²) in [6, 6.07) is 12.2. The number of carbonyl (C=O) groups excluding carboxylic acids is 1. The van der Waals surface area contributed by atoms with Gasteiger partial charge in [-0.25, -0.2) is 0 Å². The van der Waals surface area contributed by atoms with E-state index in [-0.39, 0.29) is 12.7 Å². The summed E-state index contributed by atoms with van der Waals surface area (Å²) in [4.78, 5) is 12.3. The molecular formula is C16H12N2O3. The zero-order valence-electron chi connectivity index (χ0n) is 11.3. The number of amides is 1. The molecule has 1 N–H and O–H groups in total. The van der Waals surface area contributed by atoms with Gasteiger partial charge in [-0.3, -0.25) is 4.79 Å². The first-order valence-corrected chi connectivity index (χ1v) is 6.39. The molecule has 0 radical (unpaired) electrons. The highest BCUT2D eigenvalue weighted by Crippen LogP contribution is 2.32. The van der Waals surface area contributed by atoms with Gasteiger partial charge in [0.05, 0.1) is 11.6 Å². The molecule has 1 aliphatic rings. The molecule has 0 atom stereocenters. The fraction of sp³-hybridized carbons (Fsp3) is 0.125. The van der Waals surface area contributed by atoms with E-state index in [0.29, 0.717) is 28.3 Å². The van der Waals surface area contributed by atoms with Crippen LogP contribution in [0.15, 0.2) is 36.4 Å². The monoisotopic (exact) mass is 280 g/mol. The van der Waals surface area contributed by atoms with Gasteiger partial charge < -0.3 is 14.8 Å². The summed E-state index contributed by atoms with van der Waals surface area (Å²) in [5.41, 5.74) is 2.49. The number of fused-ring (bicyclic) bond motifs is 1. The number of rotatable bonds is 2. The Morgan fingerprint density at radius 3 is 2.81 bits per heavy atom. The van der Waals surface area contributed by atoms with Crippen LogP contribution in [0.4, 0.5) is 5.69 Å². The minimum absolute atomic E-state index is 0.170. The molecule has 5 heteroatoms. The summed E-state index contributed by atoms with van der Waals surface area (Å²) < 4.78 is 10.5. The van der Waals surface area contributed by atoms with Crippen LogP contribution in [0.2, 0.25) is 0 Å². The molecule has 0 saturated carbocycles. The Bertz CT molecular complexity index is 763. The van der Waals surface area contributed by atoms with Crippen LogP contribution in [0.3, 0.4) is 0 Å². The van der Waals surface area contributed by atoms with E-state index < -0.39 is 0 Å². The Kier molecular flexibility index (Phi) is 3.20. The van der Waals surface area contributed by atoms with Crippen molar-refractivity contribution >= 4 is 11.6 Å². The number of carbonyl (C=O) groups is 1. The third-order valence-corrected chi connectivity index (χ3v) is 3.25. The quantitative estimate of drug-likeness (QED) is 0.918. The first-order valence-electron chi connectivity index (χ1n) is 6.39. The van der Waals surface area contributed by atoms with Gasteiger partial charge in [0.1, 0.15) is 0 Å². The molecule has 0 fully saturated rings. The number of nitrogens with one attached hydrogen (secondary N) is 1. The average molecular weight is 280 g/mol. The zero-order chi connectivity index (χ0) is 14.8. The Morgan fingerprint density at radius 1 is 1.19 bits per heavy atom. The predicted molar refractivity (Wildman–Crippen MR) is 76.4 cm³/mol. The van der Waals surface area contributed by atoms with Crippen LogP contribution in [0.25, 0.3) is 0 Å². The largest absolute Gasteiger partial charge is 0.454 e. The lowest BCUT2D eigenvalue weighted by molar-refractivity contribution is 0.102. The van der Waals surface area contributed by atoms with E-state index >= 15 is 0 Å². The standard InChI is InChI=1S/C16H12N2O3/c1-10-2-3-11(8-17)6-13(10)18-16(19)12-4-5-14-15(7-12)21-9-20-14/h2-7H,9H2,1H3,(H,18,19). The minimum atomic E-state index is -0.258. The number of nitrogens with zero attached hydrogens (tertiary/aromatic N) is 1. The van der Waals surface area contributed by atoms with Gasteiger partial charge in [0, 0.05) is 11.3 Å². The van der Waals surface area contributed by atoms with Gasteiger partial charge in [-0.2, -0.15) is 5.26 Å². The molecule has 1 amide bonds. The molecule has 1 heterocycles. The van der Waals surface area contributed by atoms with Crippen LogP contribution in [-0.2, 0) is 0 Å². The van der Waals surface area contributed by atoms with Gasteiger partial charge in [0.15, 0.2) is 11.5 Å². The number of hydrogen-bond donors (Lipinski definition) is 1. The molecule has 3 rings (SSSR count). The second-order valence-corrected chi connectivity index (χ2v) is 4.66. The number of anilines is 1. The highest BCUT2D eigenvalue weighted by Gasteiger charge is 2.16. The molecule has 0 saturated heterocycles. The van der Waals surface area contributed by atoms with Crippen molar-refractivity contribution in [1.82, 2.24) is 0 Å². The Labute approximate surface area is 121 Å². The maximum Gasteiger partial charge on any atom is 0.255 e. The Balaban J connectivity index is 1.85. The summed E-state index contributed by atoms with van der Waals surface area (Å²) >= 11 is 0. The van der Waals surface area contributed by atoms with Crippen molar-refractivity contribution in [3.05, 3.63) is 53.1 Å². The first kappa shape index (κ1) is 13.0. The number of aryl methyl sites for hydroxylation is 1. The fourth-order valence-electron chi connectivity index (χ4n) is 2.06. The second kappa shape index (κ2) is 5.17. The third kappa shape index (κ3) is 2.51. The molecule has 5 nitrogen and oxygen atoms in total. The Hall–Kier alpha value is -3.00. The number of hydrogen-bond acceptors (Lipinski definition) is 4. The first-order chi connectivity index (χ1) is 10.2. The molecule has 21 heavy (non-hydrogen) atoms. The van der Waals surface area contributed by atoms with Crippen molar-refractivity contribution < 1.29 is 14.3 Å². The Morgan fingerprint density at radius 2 is 2.00 bits per heavy atom. The van der Waals surface area contributed by atoms with Crippen LogP contribution >= 0.6 is 0 Å². The van der Waals surface area contributed by atoms with Crippen molar-refractivity contribution in [2.75, 3.05) is 12.1 Å². The predicted octanol–water partition coefficient (Wildman–Crippen LogP) is 2.85. The molecule has 1 aliphatic heterocycles. The summed E-state index contributed by atoms with van der Waals surface area (Å²) in [5.74, 6) is 0.936. The van der Waals surface area contributed by atoms with Crippen molar-refractivity contribution in [2.24, 2.45) is 0 Å². The molecule has 2 aromatic rings. The van der Waals surface area contributed by atoms with Crippen LogP contribution < -0.4 is 14.8 Å². The average Bonchev–Trinajstić information content (AvgIpc) is 2.96. The summed E-state index contributed by atoms with van der Waals surface area (Å²) in [6.07, 6.45) is 0. The highest BCUT2D eigenvalue weighted by atomic mass is 16.7. The van der Waals surface area contributed by atoms with Crippen molar-refractivity contribution in [3.8, 4) is 17.6 Å². The zero-order valence-corrected chi connectivity index (χ0v) is 11.3. The van der Waals surface area contributed by atoms with E-state index in [2.05, 4.69) is 11.4 Å². The topological polar surface area (TPSA) is 71.4 Å². The van der Waals surface area contributed by atoms with E-state index in [0.717, 1.165) is 5.56 Å². The van der Waals surface area contributed by atoms with E-state index in [9.17, 15) is 4.79 Å². The molecule has 0 spiro atoms. The van der Waals surface area contributed by atoms with E-state index in [1.165, 1.54) is 0 Å². The minimum Gasteiger partial charge on any atom is -0.454 e. The second-order valence-electron chi connectivity index (χ2n) is 4.66. The normalized spacial score (nSPS) is 11.8. The number of nitriles is 1. The molecular weight excluding hydrogens is 268 g/mol. The van der Waals surface area contributed by atoms with Crippen LogP contribution in [-0.4, -0.2) is 12.7 Å². The molecule has 0 unspecified atom stereocenters. The van der Waals surface area contributed by atoms with Gasteiger partial charge in [-0.1, -0.05) is 6.07 Å². The lowest BCUT2D eigenvalue weighted by Gasteiger charge is -2.09. The molecule has 104 valence electrons. The van der Waals surface area contributed by atoms with Gasteiger partial charge in [-0.15, -0.1) is 0 Å². The van der Waals surface area contributed by atoms with E-state index in [4.69, 9.17) is 14.7 Å². The summed E-state index contributed by atoms with van der Waals surface area (Å²) in [5, 5.41) is 11.7. The smallest absolute Gasteiger partial charge is 0.255 e.